The maximum absolute atomic E-state index is 15.1. The van der Waals surface area contributed by atoms with Gasteiger partial charge in [-0.05, 0) is 42.8 Å². The molecule has 0 saturated carbocycles. The van der Waals surface area contributed by atoms with Gasteiger partial charge in [0.2, 0.25) is 11.8 Å². The van der Waals surface area contributed by atoms with Gasteiger partial charge in [0, 0.05) is 68.6 Å². The molecule has 1 aromatic heterocycles. The van der Waals surface area contributed by atoms with Gasteiger partial charge in [0.15, 0.2) is 17.4 Å². The summed E-state index contributed by atoms with van der Waals surface area (Å²) in [5.74, 6) is -3.57. The molecule has 5 N–H and O–H groups in total. The summed E-state index contributed by atoms with van der Waals surface area (Å²) in [7, 11) is 0. The van der Waals surface area contributed by atoms with Crippen LogP contribution in [0.3, 0.4) is 0 Å². The fourth-order valence-electron chi connectivity index (χ4n) is 6.89. The number of imide groups is 2. The number of piperidine rings is 1. The zero-order chi connectivity index (χ0) is 38.6. The lowest BCUT2D eigenvalue weighted by Gasteiger charge is -2.36. The maximum Gasteiger partial charge on any atom is 0.264 e. The lowest BCUT2D eigenvalue weighted by molar-refractivity contribution is -0.136. The zero-order valence-electron chi connectivity index (χ0n) is 29.6. The molecule has 4 aromatic rings. The molecular weight excluding hydrogens is 718 g/mol. The van der Waals surface area contributed by atoms with Crippen molar-refractivity contribution in [3.63, 3.8) is 0 Å². The highest BCUT2D eigenvalue weighted by Gasteiger charge is 2.45. The average Bonchev–Trinajstić information content (AvgIpc) is 3.43. The van der Waals surface area contributed by atoms with Gasteiger partial charge in [0.25, 0.3) is 11.8 Å². The number of nitrogens with zero attached hydrogens (tertiary/aromatic N) is 5. The summed E-state index contributed by atoms with van der Waals surface area (Å²) in [6.45, 7) is 2.85. The third kappa shape index (κ3) is 7.88. The molecule has 0 aliphatic carbocycles. The molecule has 0 bridgehead atoms. The summed E-state index contributed by atoms with van der Waals surface area (Å²) in [5.41, 5.74) is 8.72. The minimum absolute atomic E-state index is 0.0246. The third-order valence-corrected chi connectivity index (χ3v) is 9.70. The minimum atomic E-state index is -1.07. The van der Waals surface area contributed by atoms with Crippen LogP contribution in [0.25, 0.3) is 11.3 Å². The van der Waals surface area contributed by atoms with Crippen molar-refractivity contribution in [3.05, 3.63) is 89.0 Å². The molecule has 0 radical (unpaired) electrons. The van der Waals surface area contributed by atoms with E-state index in [1.165, 1.54) is 6.07 Å². The number of hydrogen-bond donors (Lipinski definition) is 4. The van der Waals surface area contributed by atoms with E-state index in [1.54, 1.807) is 42.5 Å². The first-order valence-electron chi connectivity index (χ1n) is 17.7. The molecule has 1 atom stereocenters. The fraction of sp³-hybridized carbons (Fsp3) is 0.316. The van der Waals surface area contributed by atoms with Crippen LogP contribution in [0, 0.1) is 11.6 Å². The van der Waals surface area contributed by atoms with E-state index < -0.39 is 41.3 Å². The number of aromatic nitrogens is 2. The molecule has 286 valence electrons. The molecule has 3 aliphatic rings. The highest BCUT2D eigenvalue weighted by atomic mass is 19.1. The number of ether oxygens (including phenoxy) is 2. The van der Waals surface area contributed by atoms with Crippen molar-refractivity contribution >= 4 is 40.8 Å². The minimum Gasteiger partial charge on any atom is -0.507 e. The standard InChI is InChI=1S/C38H38F2N8O7/c39-25-19-32(26(40)18-22(25)21-46-11-13-47(14-12-46)30-20-28(44-45-35(30)41)23-4-1-2-7-31(23)49)55-17-16-54-15-10-42-27-6-3-5-24-34(27)38(53)48(37(24)52)29-8-9-33(50)43-36(29)51/h1-7,18-20,29,42,49H,8-17,21H2,(H2,41,45)(H,43,50,51). The molecule has 7 rings (SSSR count). The van der Waals surface area contributed by atoms with Crippen LogP contribution in [0.4, 0.5) is 26.0 Å². The molecule has 0 spiro atoms. The molecule has 4 heterocycles. The Kier molecular flexibility index (Phi) is 10.8. The number of fused-ring (bicyclic) bond motifs is 1. The Labute approximate surface area is 314 Å². The normalized spacial score (nSPS) is 17.4. The molecule has 4 amide bonds. The number of piperazine rings is 1. The number of hydrogen-bond acceptors (Lipinski definition) is 13. The van der Waals surface area contributed by atoms with Crippen LogP contribution in [0.15, 0.2) is 60.7 Å². The third-order valence-electron chi connectivity index (χ3n) is 9.70. The monoisotopic (exact) mass is 756 g/mol. The number of carbonyl (C=O) groups excluding carboxylic acids is 4. The van der Waals surface area contributed by atoms with Crippen molar-refractivity contribution < 1.29 is 42.5 Å². The second kappa shape index (κ2) is 16.0. The van der Waals surface area contributed by atoms with Crippen LogP contribution in [0.1, 0.15) is 39.1 Å². The SMILES string of the molecule is Nc1nnc(-c2ccccc2O)cc1N1CCN(Cc2cc(F)c(OCCOCCNc3cccc4c3C(=O)N(C3CCC(=O)NC3=O)C4=O)cc2F)CC1. The van der Waals surface area contributed by atoms with Crippen LogP contribution in [0.2, 0.25) is 0 Å². The van der Waals surface area contributed by atoms with Crippen molar-refractivity contribution in [2.45, 2.75) is 25.4 Å². The number of benzene rings is 3. The number of phenolic OH excluding ortho intramolecular Hbond substituents is 1. The summed E-state index contributed by atoms with van der Waals surface area (Å²) in [5, 5.41) is 23.7. The van der Waals surface area contributed by atoms with Gasteiger partial charge in [0.1, 0.15) is 24.2 Å². The van der Waals surface area contributed by atoms with Gasteiger partial charge in [-0.3, -0.25) is 34.3 Å². The number of amides is 4. The van der Waals surface area contributed by atoms with Gasteiger partial charge in [-0.2, -0.15) is 0 Å². The predicted octanol–water partition coefficient (Wildman–Crippen LogP) is 2.94. The molecular formula is C38H38F2N8O7. The first kappa shape index (κ1) is 37.1. The number of carbonyl (C=O) groups is 4. The number of para-hydroxylation sites is 1. The van der Waals surface area contributed by atoms with Crippen molar-refractivity contribution in [3.8, 4) is 22.8 Å². The molecule has 2 saturated heterocycles. The van der Waals surface area contributed by atoms with Gasteiger partial charge >= 0.3 is 0 Å². The van der Waals surface area contributed by atoms with E-state index in [0.29, 0.717) is 48.8 Å². The number of anilines is 3. The topological polar surface area (TPSA) is 193 Å². The molecule has 17 heteroatoms. The van der Waals surface area contributed by atoms with Crippen molar-refractivity contribution in [2.75, 3.05) is 68.5 Å². The second-order valence-corrected chi connectivity index (χ2v) is 13.2. The Bertz CT molecular complexity index is 2150. The van der Waals surface area contributed by atoms with E-state index in [1.807, 2.05) is 9.80 Å². The van der Waals surface area contributed by atoms with Crippen molar-refractivity contribution in [2.24, 2.45) is 0 Å². The van der Waals surface area contributed by atoms with E-state index in [0.717, 1.165) is 17.0 Å². The van der Waals surface area contributed by atoms with E-state index in [2.05, 4.69) is 20.8 Å². The van der Waals surface area contributed by atoms with Crippen LogP contribution in [-0.2, 0) is 20.9 Å². The van der Waals surface area contributed by atoms with Gasteiger partial charge in [0.05, 0.1) is 35.7 Å². The van der Waals surface area contributed by atoms with E-state index in [9.17, 15) is 28.7 Å². The van der Waals surface area contributed by atoms with Crippen molar-refractivity contribution in [1.82, 2.24) is 25.3 Å². The van der Waals surface area contributed by atoms with Crippen LogP contribution >= 0.6 is 0 Å². The lowest BCUT2D eigenvalue weighted by atomic mass is 10.0. The number of nitrogens with two attached hydrogens (primary N) is 1. The molecule has 15 nitrogen and oxygen atoms in total. The summed E-state index contributed by atoms with van der Waals surface area (Å²) >= 11 is 0. The lowest BCUT2D eigenvalue weighted by Crippen LogP contribution is -2.54. The Morgan fingerprint density at radius 1 is 0.891 bits per heavy atom. The number of aromatic hydroxyl groups is 1. The number of halogens is 2. The first-order chi connectivity index (χ1) is 26.6. The first-order valence-corrected chi connectivity index (χ1v) is 17.7. The Morgan fingerprint density at radius 3 is 2.45 bits per heavy atom. The summed E-state index contributed by atoms with van der Waals surface area (Å²) in [6.07, 6.45) is 0.0819. The van der Waals surface area contributed by atoms with Crippen LogP contribution in [-0.4, -0.2) is 107 Å². The molecule has 2 fully saturated rings. The summed E-state index contributed by atoms with van der Waals surface area (Å²) in [6, 6.07) is 14.5. The zero-order valence-corrected chi connectivity index (χ0v) is 29.6. The summed E-state index contributed by atoms with van der Waals surface area (Å²) < 4.78 is 41.1. The van der Waals surface area contributed by atoms with E-state index >= 15 is 4.39 Å². The molecule has 55 heavy (non-hydrogen) atoms. The molecule has 3 aromatic carbocycles. The largest absolute Gasteiger partial charge is 0.507 e. The van der Waals surface area contributed by atoms with Crippen molar-refractivity contribution in [1.29, 1.82) is 0 Å². The quantitative estimate of drug-likeness (QED) is 0.115. The Hall–Kier alpha value is -6.20. The Balaban J connectivity index is 0.851. The van der Waals surface area contributed by atoms with Crippen LogP contribution < -0.4 is 26.0 Å². The van der Waals surface area contributed by atoms with E-state index in [4.69, 9.17) is 15.2 Å². The number of phenols is 1. The van der Waals surface area contributed by atoms with Crippen LogP contribution in [0.5, 0.6) is 11.5 Å². The average molecular weight is 757 g/mol. The second-order valence-electron chi connectivity index (χ2n) is 13.2. The van der Waals surface area contributed by atoms with E-state index in [-0.39, 0.29) is 79.8 Å². The smallest absolute Gasteiger partial charge is 0.264 e. The molecule has 3 aliphatic heterocycles. The highest BCUT2D eigenvalue weighted by Crippen LogP contribution is 2.34. The Morgan fingerprint density at radius 2 is 1.67 bits per heavy atom. The maximum atomic E-state index is 15.1. The number of nitrogens with one attached hydrogen (secondary N) is 2. The number of rotatable bonds is 13. The molecule has 1 unspecified atom stereocenters. The predicted molar refractivity (Wildman–Crippen MR) is 195 cm³/mol. The van der Waals surface area contributed by atoms with Gasteiger partial charge in [-0.1, -0.05) is 18.2 Å². The highest BCUT2D eigenvalue weighted by molar-refractivity contribution is 6.25. The summed E-state index contributed by atoms with van der Waals surface area (Å²) in [4.78, 5) is 55.1. The van der Waals surface area contributed by atoms with Gasteiger partial charge < -0.3 is 30.5 Å². The fourth-order valence-corrected chi connectivity index (χ4v) is 6.89. The van der Waals surface area contributed by atoms with Gasteiger partial charge in [-0.15, -0.1) is 10.2 Å². The van der Waals surface area contributed by atoms with Gasteiger partial charge in [-0.25, -0.2) is 8.78 Å². The number of nitrogen functional groups attached to an aromatic ring is 1.